The largest absolute Gasteiger partial charge is 0.344 e. The van der Waals surface area contributed by atoms with E-state index in [4.69, 9.17) is 5.53 Å². The molecule has 3 aromatic rings. The molecule has 4 rings (SSSR count). The van der Waals surface area contributed by atoms with E-state index in [1.165, 1.54) is 0 Å². The second-order valence-electron chi connectivity index (χ2n) is 6.63. The average Bonchev–Trinajstić information content (AvgIpc) is 2.76. The van der Waals surface area contributed by atoms with Crippen LogP contribution in [0.2, 0.25) is 0 Å². The van der Waals surface area contributed by atoms with Crippen molar-refractivity contribution < 1.29 is 4.79 Å². The number of nitrogens with zero attached hydrogens (tertiary/aromatic N) is 3. The fourth-order valence-corrected chi connectivity index (χ4v) is 3.71. The Hall–Kier alpha value is -3.60. The molecule has 6 nitrogen and oxygen atoms in total. The molecule has 6 heteroatoms. The maximum atomic E-state index is 12.3. The highest BCUT2D eigenvalue weighted by molar-refractivity contribution is 5.89. The summed E-state index contributed by atoms with van der Waals surface area (Å²) >= 11 is 0. The van der Waals surface area contributed by atoms with E-state index in [1.54, 1.807) is 0 Å². The van der Waals surface area contributed by atoms with Crippen LogP contribution in [-0.4, -0.2) is 18.1 Å². The van der Waals surface area contributed by atoms with Gasteiger partial charge in [0.2, 0.25) is 5.91 Å². The summed E-state index contributed by atoms with van der Waals surface area (Å²) in [5.74, 6) is -0.190. The average molecular weight is 369 g/mol. The van der Waals surface area contributed by atoms with Gasteiger partial charge in [0.25, 0.3) is 0 Å². The van der Waals surface area contributed by atoms with E-state index in [-0.39, 0.29) is 5.91 Å². The molecule has 2 atom stereocenters. The van der Waals surface area contributed by atoms with Crippen LogP contribution < -0.4 is 10.6 Å². The number of carbonyl (C=O) groups excluding carboxylic acids is 1. The highest BCUT2D eigenvalue weighted by Gasteiger charge is 2.46. The predicted octanol–water partition coefficient (Wildman–Crippen LogP) is 3.70. The minimum Gasteiger partial charge on any atom is -0.344 e. The van der Waals surface area contributed by atoms with Gasteiger partial charge in [-0.15, -0.1) is 0 Å². The standard InChI is InChI=1S/C22H19N5O/c23-27-26-20-19(21(28)24-20)25-22(16-10-4-1-5-11-16,17-12-6-2-7-13-17)18-14-8-3-9-15-18/h1-15,19-20,25H,(H,24,28)/t19-,20+/m0/s1. The lowest BCUT2D eigenvalue weighted by atomic mass is 9.76. The van der Waals surface area contributed by atoms with E-state index < -0.39 is 17.7 Å². The predicted molar refractivity (Wildman–Crippen MR) is 107 cm³/mol. The maximum Gasteiger partial charge on any atom is 0.239 e. The molecule has 138 valence electrons. The van der Waals surface area contributed by atoms with Crippen molar-refractivity contribution >= 4 is 5.91 Å². The Balaban J connectivity index is 1.93. The molecule has 1 fully saturated rings. The van der Waals surface area contributed by atoms with Gasteiger partial charge in [-0.05, 0) is 22.2 Å². The minimum absolute atomic E-state index is 0.190. The van der Waals surface area contributed by atoms with E-state index in [1.807, 2.05) is 91.0 Å². The van der Waals surface area contributed by atoms with Gasteiger partial charge in [0.1, 0.15) is 12.2 Å². The Morgan fingerprint density at radius 1 is 0.821 bits per heavy atom. The summed E-state index contributed by atoms with van der Waals surface area (Å²) in [6, 6.07) is 29.3. The van der Waals surface area contributed by atoms with Crippen LogP contribution >= 0.6 is 0 Å². The molecule has 0 radical (unpaired) electrons. The summed E-state index contributed by atoms with van der Waals surface area (Å²) in [6.07, 6.45) is -0.631. The zero-order valence-electron chi connectivity index (χ0n) is 15.1. The molecule has 2 N–H and O–H groups in total. The number of azide groups is 1. The molecule has 1 aliphatic rings. The molecule has 1 saturated heterocycles. The van der Waals surface area contributed by atoms with Crippen LogP contribution in [0.4, 0.5) is 0 Å². The van der Waals surface area contributed by atoms with Crippen molar-refractivity contribution in [3.05, 3.63) is 118 Å². The molecule has 0 unspecified atom stereocenters. The van der Waals surface area contributed by atoms with Crippen molar-refractivity contribution in [3.63, 3.8) is 0 Å². The number of rotatable bonds is 6. The normalized spacial score (nSPS) is 18.5. The van der Waals surface area contributed by atoms with Gasteiger partial charge in [-0.25, -0.2) is 0 Å². The van der Waals surface area contributed by atoms with E-state index in [9.17, 15) is 4.79 Å². The van der Waals surface area contributed by atoms with Crippen molar-refractivity contribution in [3.8, 4) is 0 Å². The van der Waals surface area contributed by atoms with Gasteiger partial charge in [0.05, 0.1) is 5.54 Å². The lowest BCUT2D eigenvalue weighted by Gasteiger charge is -2.44. The third-order valence-corrected chi connectivity index (χ3v) is 5.06. The van der Waals surface area contributed by atoms with E-state index >= 15 is 0 Å². The van der Waals surface area contributed by atoms with Crippen LogP contribution in [0.5, 0.6) is 0 Å². The van der Waals surface area contributed by atoms with Crippen molar-refractivity contribution in [2.45, 2.75) is 17.7 Å². The van der Waals surface area contributed by atoms with Crippen molar-refractivity contribution in [2.24, 2.45) is 5.11 Å². The third-order valence-electron chi connectivity index (χ3n) is 5.06. The molecular weight excluding hydrogens is 350 g/mol. The zero-order valence-corrected chi connectivity index (χ0v) is 15.1. The summed E-state index contributed by atoms with van der Waals surface area (Å²) in [5, 5.41) is 9.89. The van der Waals surface area contributed by atoms with E-state index in [0.29, 0.717) is 0 Å². The smallest absolute Gasteiger partial charge is 0.239 e. The molecule has 0 aromatic heterocycles. The molecule has 3 aromatic carbocycles. The van der Waals surface area contributed by atoms with Crippen LogP contribution in [-0.2, 0) is 10.3 Å². The summed E-state index contributed by atoms with van der Waals surface area (Å²) < 4.78 is 0. The number of hydrogen-bond acceptors (Lipinski definition) is 3. The van der Waals surface area contributed by atoms with Gasteiger partial charge in [-0.3, -0.25) is 10.1 Å². The highest BCUT2D eigenvalue weighted by atomic mass is 16.2. The minimum atomic E-state index is -0.782. The molecule has 1 aliphatic heterocycles. The summed E-state index contributed by atoms with van der Waals surface area (Å²) in [6.45, 7) is 0. The van der Waals surface area contributed by atoms with Gasteiger partial charge in [-0.1, -0.05) is 96.1 Å². The molecule has 0 spiro atoms. The fourth-order valence-electron chi connectivity index (χ4n) is 3.71. The highest BCUT2D eigenvalue weighted by Crippen LogP contribution is 2.38. The summed E-state index contributed by atoms with van der Waals surface area (Å²) in [4.78, 5) is 15.2. The summed E-state index contributed by atoms with van der Waals surface area (Å²) in [7, 11) is 0. The molecule has 0 bridgehead atoms. The van der Waals surface area contributed by atoms with Gasteiger partial charge in [0.15, 0.2) is 0 Å². The number of β-lactam (4-membered cyclic amide) rings is 1. The SMILES string of the molecule is [N-]=[N+]=N[C@H]1NC(=O)[C@H]1NC(c1ccccc1)(c1ccccc1)c1ccccc1. The molecule has 1 amide bonds. The van der Waals surface area contributed by atoms with Crippen LogP contribution in [0.15, 0.2) is 96.1 Å². The first-order valence-corrected chi connectivity index (χ1v) is 9.04. The molecular formula is C22H19N5O. The van der Waals surface area contributed by atoms with Gasteiger partial charge < -0.3 is 5.32 Å². The number of amides is 1. The number of hydrogen-bond donors (Lipinski definition) is 2. The number of benzene rings is 3. The molecule has 0 aliphatic carbocycles. The first-order valence-electron chi connectivity index (χ1n) is 9.04. The van der Waals surface area contributed by atoms with Crippen LogP contribution in [0.3, 0.4) is 0 Å². The topological polar surface area (TPSA) is 89.9 Å². The maximum absolute atomic E-state index is 12.3. The van der Waals surface area contributed by atoms with Crippen molar-refractivity contribution in [1.82, 2.24) is 10.6 Å². The molecule has 1 heterocycles. The van der Waals surface area contributed by atoms with Crippen LogP contribution in [0.25, 0.3) is 10.4 Å². The Bertz CT molecular complexity index is 904. The van der Waals surface area contributed by atoms with Crippen LogP contribution in [0.1, 0.15) is 16.7 Å². The Kier molecular flexibility index (Phi) is 4.81. The number of carbonyl (C=O) groups is 1. The number of nitrogens with one attached hydrogen (secondary N) is 2. The lowest BCUT2D eigenvalue weighted by Crippen LogP contribution is -2.71. The molecule has 28 heavy (non-hydrogen) atoms. The first-order chi connectivity index (χ1) is 13.8. The van der Waals surface area contributed by atoms with Crippen molar-refractivity contribution in [2.75, 3.05) is 0 Å². The Morgan fingerprint density at radius 3 is 1.61 bits per heavy atom. The van der Waals surface area contributed by atoms with Gasteiger partial charge in [0, 0.05) is 4.91 Å². The second kappa shape index (κ2) is 7.56. The van der Waals surface area contributed by atoms with Gasteiger partial charge >= 0.3 is 0 Å². The second-order valence-corrected chi connectivity index (χ2v) is 6.63. The monoisotopic (exact) mass is 369 g/mol. The molecule has 0 saturated carbocycles. The lowest BCUT2D eigenvalue weighted by molar-refractivity contribution is -0.132. The fraction of sp³-hybridized carbons (Fsp3) is 0.136. The van der Waals surface area contributed by atoms with Gasteiger partial charge in [-0.2, -0.15) is 0 Å². The van der Waals surface area contributed by atoms with E-state index in [0.717, 1.165) is 16.7 Å². The Morgan fingerprint density at radius 2 is 1.25 bits per heavy atom. The first kappa shape index (κ1) is 17.8. The van der Waals surface area contributed by atoms with Crippen LogP contribution in [0, 0.1) is 0 Å². The van der Waals surface area contributed by atoms with Crippen molar-refractivity contribution in [1.29, 1.82) is 0 Å². The third kappa shape index (κ3) is 3.01. The zero-order chi connectivity index (χ0) is 19.4. The summed E-state index contributed by atoms with van der Waals surface area (Å²) in [5.41, 5.74) is 11.0. The Labute approximate surface area is 162 Å². The quantitative estimate of drug-likeness (QED) is 0.228. The van der Waals surface area contributed by atoms with E-state index in [2.05, 4.69) is 20.7 Å².